The maximum Gasteiger partial charge on any atom is -1.00 e. The van der Waals surface area contributed by atoms with Crippen LogP contribution in [0.2, 0.25) is 0 Å². The summed E-state index contributed by atoms with van der Waals surface area (Å²) >= 11 is -2.60. The molecular formula is C42H54Cl2Zr. The third-order valence-electron chi connectivity index (χ3n) is 9.71. The van der Waals surface area contributed by atoms with E-state index in [1.165, 1.54) is 45.4 Å². The fraction of sp³-hybridized carbons (Fsp3) is 0.452. The van der Waals surface area contributed by atoms with Crippen molar-refractivity contribution in [2.45, 2.75) is 113 Å². The van der Waals surface area contributed by atoms with E-state index < -0.39 is 21.3 Å². The van der Waals surface area contributed by atoms with Crippen LogP contribution in [0.1, 0.15) is 122 Å². The standard InChI is InChI=1S/C21H25.C13H21.C8H8.2ClH.Zr/c1-20(2,3)16-9-7-14-11-15-8-10-17(21(4,5)6)13-19(15)18(14)12-16;1-6-10-8-11(7-2)12(9-10)13(3,4)5;1-7-3-5-8(2)6-4-7;;;/h7,9-10,12-13H,11H2,1-6H3;9-10H,6-7H2,1-5H3;1,3-6H,2H3;2*1H;/q;;;;;+2/p-2. The van der Waals surface area contributed by atoms with Crippen molar-refractivity contribution in [3.05, 3.63) is 108 Å². The van der Waals surface area contributed by atoms with Gasteiger partial charge < -0.3 is 24.8 Å². The monoisotopic (exact) mass is 718 g/mol. The Bertz CT molecular complexity index is 1640. The summed E-state index contributed by atoms with van der Waals surface area (Å²) in [6.07, 6.45) is 6.04. The van der Waals surface area contributed by atoms with Crippen molar-refractivity contribution in [1.29, 1.82) is 0 Å². The zero-order valence-electron chi connectivity index (χ0n) is 29.8. The normalized spacial score (nSPS) is 16.2. The van der Waals surface area contributed by atoms with Gasteiger partial charge in [-0.25, -0.2) is 0 Å². The summed E-state index contributed by atoms with van der Waals surface area (Å²) < 4.78 is 6.33. The molecule has 0 radical (unpaired) electrons. The first kappa shape index (κ1) is 37.9. The van der Waals surface area contributed by atoms with Crippen molar-refractivity contribution >= 4 is 6.98 Å². The molecule has 2 aliphatic rings. The summed E-state index contributed by atoms with van der Waals surface area (Å²) in [5.41, 5.74) is 15.4. The molecule has 0 aliphatic heterocycles. The Morgan fingerprint density at radius 1 is 0.733 bits per heavy atom. The fourth-order valence-electron chi connectivity index (χ4n) is 7.07. The average Bonchev–Trinajstić information content (AvgIpc) is 3.49. The van der Waals surface area contributed by atoms with Crippen molar-refractivity contribution in [2.24, 2.45) is 11.3 Å². The van der Waals surface area contributed by atoms with Gasteiger partial charge in [0, 0.05) is 0 Å². The van der Waals surface area contributed by atoms with Crippen LogP contribution < -0.4 is 28.1 Å². The molecule has 240 valence electrons. The zero-order chi connectivity index (χ0) is 31.5. The van der Waals surface area contributed by atoms with Crippen LogP contribution in [0, 0.1) is 18.3 Å². The molecule has 0 saturated heterocycles. The Kier molecular flexibility index (Phi) is 11.7. The molecule has 0 bridgehead atoms. The number of halogens is 2. The number of aryl methyl sites for hydroxylation is 1. The summed E-state index contributed by atoms with van der Waals surface area (Å²) in [7, 11) is 0. The van der Waals surface area contributed by atoms with Gasteiger partial charge in [0.2, 0.25) is 0 Å². The van der Waals surface area contributed by atoms with Gasteiger partial charge in [0.25, 0.3) is 0 Å². The maximum absolute atomic E-state index is 2.79. The van der Waals surface area contributed by atoms with Crippen LogP contribution in [-0.4, -0.2) is 3.71 Å². The molecule has 2 aliphatic carbocycles. The van der Waals surface area contributed by atoms with E-state index in [2.05, 4.69) is 147 Å². The molecule has 45 heavy (non-hydrogen) atoms. The van der Waals surface area contributed by atoms with Gasteiger partial charge in [0.15, 0.2) is 0 Å². The number of rotatable bonds is 5. The minimum Gasteiger partial charge on any atom is -1.00 e. The Balaban J connectivity index is 0.00000276. The van der Waals surface area contributed by atoms with Crippen molar-refractivity contribution in [3.63, 3.8) is 0 Å². The largest absolute Gasteiger partial charge is 1.00 e. The Morgan fingerprint density at radius 3 is 1.87 bits per heavy atom. The smallest absolute Gasteiger partial charge is 1.00 e. The fourth-order valence-corrected chi connectivity index (χ4v) is 15.2. The summed E-state index contributed by atoms with van der Waals surface area (Å²) in [6, 6.07) is 21.9. The first-order chi connectivity index (χ1) is 20.0. The van der Waals surface area contributed by atoms with Gasteiger partial charge in [-0.1, -0.05) is 0 Å². The molecule has 0 aromatic heterocycles. The van der Waals surface area contributed by atoms with Gasteiger partial charge in [-0.2, -0.15) is 0 Å². The molecule has 0 fully saturated rings. The molecule has 3 aromatic carbocycles. The average molecular weight is 721 g/mol. The van der Waals surface area contributed by atoms with Crippen LogP contribution in [0.4, 0.5) is 0 Å². The Labute approximate surface area is 295 Å². The molecule has 0 nitrogen and oxygen atoms in total. The Morgan fingerprint density at radius 2 is 1.33 bits per heavy atom. The van der Waals surface area contributed by atoms with E-state index >= 15 is 0 Å². The van der Waals surface area contributed by atoms with Gasteiger partial charge in [0.1, 0.15) is 0 Å². The second-order valence-electron chi connectivity index (χ2n) is 16.2. The maximum atomic E-state index is 2.79. The summed E-state index contributed by atoms with van der Waals surface area (Å²) in [4.78, 5) is 0. The summed E-state index contributed by atoms with van der Waals surface area (Å²) in [5.74, 6) is 0.547. The van der Waals surface area contributed by atoms with Gasteiger partial charge in [-0.3, -0.25) is 0 Å². The molecule has 0 N–H and O–H groups in total. The number of fused-ring (bicyclic) bond motifs is 3. The molecule has 3 aromatic rings. The van der Waals surface area contributed by atoms with Crippen LogP contribution in [0.5, 0.6) is 0 Å². The van der Waals surface area contributed by atoms with E-state index in [-0.39, 0.29) is 41.1 Å². The van der Waals surface area contributed by atoms with E-state index in [4.69, 9.17) is 0 Å². The SMILES string of the molecule is CCC1=[C](/[Zr+2](=[CH]/c2ccc(C)cc2)[c]2cc(C(C)(C)C)cc3c2Cc2ccc(C(C)(C)C)cc2-3)C(CC)C=C1C(C)(C)C.[Cl-].[Cl-]. The third-order valence-corrected chi connectivity index (χ3v) is 16.8. The van der Waals surface area contributed by atoms with Crippen LogP contribution in [0.25, 0.3) is 11.1 Å². The van der Waals surface area contributed by atoms with Crippen molar-refractivity contribution < 1.29 is 46.1 Å². The molecular weight excluding hydrogens is 667 g/mol. The van der Waals surface area contributed by atoms with Gasteiger partial charge >= 0.3 is 272 Å². The molecule has 0 spiro atoms. The van der Waals surface area contributed by atoms with Crippen molar-refractivity contribution in [2.75, 3.05) is 0 Å². The second kappa shape index (κ2) is 13.9. The minimum absolute atomic E-state index is 0. The van der Waals surface area contributed by atoms with Crippen molar-refractivity contribution in [3.8, 4) is 11.1 Å². The molecule has 3 heteroatoms. The summed E-state index contributed by atoms with van der Waals surface area (Å²) in [6.45, 7) is 28.5. The molecule has 0 amide bonds. The van der Waals surface area contributed by atoms with Crippen LogP contribution in [-0.2, 0) is 38.5 Å². The van der Waals surface area contributed by atoms with Crippen LogP contribution in [0.3, 0.4) is 0 Å². The minimum atomic E-state index is -2.60. The molecule has 1 atom stereocenters. The van der Waals surface area contributed by atoms with Gasteiger partial charge in [-0.15, -0.1) is 0 Å². The molecule has 0 saturated carbocycles. The summed E-state index contributed by atoms with van der Waals surface area (Å²) in [5, 5.41) is 0. The predicted molar refractivity (Wildman–Crippen MR) is 187 cm³/mol. The third kappa shape index (κ3) is 7.63. The molecule has 0 heterocycles. The predicted octanol–water partition coefficient (Wildman–Crippen LogP) is 4.94. The van der Waals surface area contributed by atoms with Gasteiger partial charge in [-0.05, 0) is 0 Å². The first-order valence-corrected chi connectivity index (χ1v) is 20.5. The van der Waals surface area contributed by atoms with Crippen LogP contribution in [0.15, 0.2) is 75.1 Å². The first-order valence-electron chi connectivity index (χ1n) is 16.6. The quantitative estimate of drug-likeness (QED) is 0.274. The van der Waals surface area contributed by atoms with Gasteiger partial charge in [0.05, 0.1) is 0 Å². The number of benzene rings is 3. The van der Waals surface area contributed by atoms with E-state index in [0.717, 1.165) is 12.8 Å². The van der Waals surface area contributed by atoms with Crippen LogP contribution >= 0.6 is 0 Å². The number of hydrogen-bond acceptors (Lipinski definition) is 0. The van der Waals surface area contributed by atoms with E-state index in [0.29, 0.717) is 5.92 Å². The second-order valence-corrected chi connectivity index (χ2v) is 21.5. The number of hydrogen-bond donors (Lipinski definition) is 0. The molecule has 5 rings (SSSR count). The van der Waals surface area contributed by atoms with E-state index in [1.807, 2.05) is 3.28 Å². The molecule has 1 unspecified atom stereocenters. The zero-order valence-corrected chi connectivity index (χ0v) is 33.8. The topological polar surface area (TPSA) is 0 Å². The van der Waals surface area contributed by atoms with Crippen molar-refractivity contribution in [1.82, 2.24) is 0 Å². The number of allylic oxidation sites excluding steroid dienone is 4. The van der Waals surface area contributed by atoms with E-state index in [1.54, 1.807) is 20.0 Å². The Hall–Kier alpha value is -1.53. The van der Waals surface area contributed by atoms with E-state index in [9.17, 15) is 0 Å².